The van der Waals surface area contributed by atoms with E-state index < -0.39 is 0 Å². The molecule has 1 fully saturated rings. The van der Waals surface area contributed by atoms with E-state index in [1.807, 2.05) is 28.9 Å². The molecule has 3 rings (SSSR count). The lowest BCUT2D eigenvalue weighted by molar-refractivity contribution is 0.0711. The van der Waals surface area contributed by atoms with Gasteiger partial charge in [-0.25, -0.2) is 0 Å². The standard InChI is InChI=1S/C14H18N4O2/c1-10-7-15-17(8-10)9-12-4-3-5-18(12)14(19)13-6-11(2)20-16-13/h6-8,12H,3-5,9H2,1-2H3/t12-/m1/s1. The lowest BCUT2D eigenvalue weighted by Crippen LogP contribution is -2.38. The Bertz CT molecular complexity index is 616. The molecule has 0 unspecified atom stereocenters. The zero-order chi connectivity index (χ0) is 14.1. The summed E-state index contributed by atoms with van der Waals surface area (Å²) in [7, 11) is 0. The topological polar surface area (TPSA) is 64.2 Å². The van der Waals surface area contributed by atoms with Crippen LogP contribution < -0.4 is 0 Å². The fourth-order valence-corrected chi connectivity index (χ4v) is 2.69. The van der Waals surface area contributed by atoms with Gasteiger partial charge in [0.05, 0.1) is 18.8 Å². The van der Waals surface area contributed by atoms with Crippen LogP contribution in [0.4, 0.5) is 0 Å². The van der Waals surface area contributed by atoms with Gasteiger partial charge < -0.3 is 9.42 Å². The van der Waals surface area contributed by atoms with Crippen LogP contribution in [0.15, 0.2) is 23.0 Å². The number of nitrogens with zero attached hydrogens (tertiary/aromatic N) is 4. The molecule has 0 spiro atoms. The average Bonchev–Trinajstić information content (AvgIpc) is 3.11. The summed E-state index contributed by atoms with van der Waals surface area (Å²) in [5, 5.41) is 8.11. The first-order valence-corrected chi connectivity index (χ1v) is 6.87. The zero-order valence-corrected chi connectivity index (χ0v) is 11.7. The van der Waals surface area contributed by atoms with Gasteiger partial charge in [0.15, 0.2) is 5.69 Å². The third-order valence-electron chi connectivity index (χ3n) is 3.65. The second-order valence-corrected chi connectivity index (χ2v) is 5.36. The van der Waals surface area contributed by atoms with Crippen molar-refractivity contribution in [2.24, 2.45) is 0 Å². The molecule has 0 saturated carbocycles. The van der Waals surface area contributed by atoms with Gasteiger partial charge in [0.25, 0.3) is 5.91 Å². The molecule has 3 heterocycles. The SMILES string of the molecule is Cc1cnn(C[C@H]2CCCN2C(=O)c2cc(C)on2)c1. The average molecular weight is 274 g/mol. The Hall–Kier alpha value is -2.11. The molecule has 6 nitrogen and oxygen atoms in total. The maximum atomic E-state index is 12.4. The summed E-state index contributed by atoms with van der Waals surface area (Å²) in [4.78, 5) is 14.3. The van der Waals surface area contributed by atoms with E-state index in [1.54, 1.807) is 13.0 Å². The van der Waals surface area contributed by atoms with Gasteiger partial charge >= 0.3 is 0 Å². The highest BCUT2D eigenvalue weighted by molar-refractivity contribution is 5.92. The minimum absolute atomic E-state index is 0.0479. The molecular weight excluding hydrogens is 256 g/mol. The summed E-state index contributed by atoms with van der Waals surface area (Å²) in [6, 6.07) is 1.87. The van der Waals surface area contributed by atoms with Crippen LogP contribution in [0, 0.1) is 13.8 Å². The number of carbonyl (C=O) groups is 1. The van der Waals surface area contributed by atoms with E-state index in [-0.39, 0.29) is 11.9 Å². The Labute approximate surface area is 117 Å². The van der Waals surface area contributed by atoms with Gasteiger partial charge in [0, 0.05) is 18.8 Å². The minimum atomic E-state index is -0.0479. The van der Waals surface area contributed by atoms with Crippen LogP contribution in [0.25, 0.3) is 0 Å². The molecule has 1 amide bonds. The van der Waals surface area contributed by atoms with Crippen LogP contribution in [-0.2, 0) is 6.54 Å². The number of carbonyl (C=O) groups excluding carboxylic acids is 1. The first kappa shape index (κ1) is 12.9. The minimum Gasteiger partial charge on any atom is -0.361 e. The first-order valence-electron chi connectivity index (χ1n) is 6.87. The molecule has 106 valence electrons. The quantitative estimate of drug-likeness (QED) is 0.856. The van der Waals surface area contributed by atoms with E-state index in [1.165, 1.54) is 0 Å². The van der Waals surface area contributed by atoms with E-state index in [9.17, 15) is 4.79 Å². The maximum absolute atomic E-state index is 12.4. The van der Waals surface area contributed by atoms with Crippen LogP contribution in [0.3, 0.4) is 0 Å². The highest BCUT2D eigenvalue weighted by atomic mass is 16.5. The third kappa shape index (κ3) is 2.45. The number of aryl methyl sites for hydroxylation is 2. The lowest BCUT2D eigenvalue weighted by atomic mass is 10.2. The molecule has 1 aliphatic heterocycles. The maximum Gasteiger partial charge on any atom is 0.276 e. The van der Waals surface area contributed by atoms with Crippen molar-refractivity contribution in [3.05, 3.63) is 35.5 Å². The molecule has 2 aromatic rings. The molecule has 0 aromatic carbocycles. The fourth-order valence-electron chi connectivity index (χ4n) is 2.69. The molecule has 0 N–H and O–H groups in total. The van der Waals surface area contributed by atoms with Crippen LogP contribution in [0.1, 0.15) is 34.7 Å². The van der Waals surface area contributed by atoms with Crippen LogP contribution in [-0.4, -0.2) is 38.3 Å². The first-order chi connectivity index (χ1) is 9.63. The largest absolute Gasteiger partial charge is 0.361 e. The van der Waals surface area contributed by atoms with E-state index in [0.717, 1.165) is 31.5 Å². The van der Waals surface area contributed by atoms with Crippen molar-refractivity contribution < 1.29 is 9.32 Å². The Morgan fingerprint density at radius 3 is 3.00 bits per heavy atom. The molecule has 0 radical (unpaired) electrons. The number of likely N-dealkylation sites (tertiary alicyclic amines) is 1. The molecule has 1 atom stereocenters. The number of rotatable bonds is 3. The molecular formula is C14H18N4O2. The van der Waals surface area contributed by atoms with Gasteiger partial charge in [-0.15, -0.1) is 0 Å². The monoisotopic (exact) mass is 274 g/mol. The summed E-state index contributed by atoms with van der Waals surface area (Å²) < 4.78 is 6.89. The number of amides is 1. The summed E-state index contributed by atoms with van der Waals surface area (Å²) in [5.74, 6) is 0.611. The Morgan fingerprint density at radius 1 is 1.50 bits per heavy atom. The lowest BCUT2D eigenvalue weighted by Gasteiger charge is -2.23. The van der Waals surface area contributed by atoms with Gasteiger partial charge in [-0.2, -0.15) is 5.10 Å². The van der Waals surface area contributed by atoms with E-state index >= 15 is 0 Å². The predicted molar refractivity (Wildman–Crippen MR) is 72.3 cm³/mol. The zero-order valence-electron chi connectivity index (χ0n) is 11.7. The second kappa shape index (κ2) is 5.11. The Balaban J connectivity index is 1.73. The van der Waals surface area contributed by atoms with Gasteiger partial charge in [-0.05, 0) is 32.3 Å². The van der Waals surface area contributed by atoms with Crippen molar-refractivity contribution in [2.75, 3.05) is 6.54 Å². The number of hydrogen-bond acceptors (Lipinski definition) is 4. The molecule has 20 heavy (non-hydrogen) atoms. The van der Waals surface area contributed by atoms with Crippen molar-refractivity contribution >= 4 is 5.91 Å². The smallest absolute Gasteiger partial charge is 0.276 e. The fraction of sp³-hybridized carbons (Fsp3) is 0.500. The third-order valence-corrected chi connectivity index (χ3v) is 3.65. The van der Waals surface area contributed by atoms with E-state index in [4.69, 9.17) is 4.52 Å². The van der Waals surface area contributed by atoms with Crippen molar-refractivity contribution in [3.63, 3.8) is 0 Å². The Kier molecular flexibility index (Phi) is 3.30. The van der Waals surface area contributed by atoms with Gasteiger partial charge in [0.1, 0.15) is 5.76 Å². The van der Waals surface area contributed by atoms with Gasteiger partial charge in [-0.3, -0.25) is 9.48 Å². The van der Waals surface area contributed by atoms with Crippen molar-refractivity contribution in [1.82, 2.24) is 19.8 Å². The normalized spacial score (nSPS) is 18.7. The number of hydrogen-bond donors (Lipinski definition) is 0. The van der Waals surface area contributed by atoms with Crippen LogP contribution in [0.5, 0.6) is 0 Å². The second-order valence-electron chi connectivity index (χ2n) is 5.36. The molecule has 1 aliphatic rings. The highest BCUT2D eigenvalue weighted by Gasteiger charge is 2.31. The molecule has 0 bridgehead atoms. The molecule has 0 aliphatic carbocycles. The Morgan fingerprint density at radius 2 is 2.35 bits per heavy atom. The van der Waals surface area contributed by atoms with Crippen LogP contribution >= 0.6 is 0 Å². The van der Waals surface area contributed by atoms with Crippen molar-refractivity contribution in [3.8, 4) is 0 Å². The predicted octanol–water partition coefficient (Wildman–Crippen LogP) is 1.79. The number of aromatic nitrogens is 3. The summed E-state index contributed by atoms with van der Waals surface area (Å²) in [6.07, 6.45) is 5.86. The molecule has 6 heteroatoms. The summed E-state index contributed by atoms with van der Waals surface area (Å²) in [5.41, 5.74) is 1.53. The van der Waals surface area contributed by atoms with Crippen LogP contribution in [0.2, 0.25) is 0 Å². The molecule has 2 aromatic heterocycles. The summed E-state index contributed by atoms with van der Waals surface area (Å²) in [6.45, 7) is 5.31. The summed E-state index contributed by atoms with van der Waals surface area (Å²) >= 11 is 0. The highest BCUT2D eigenvalue weighted by Crippen LogP contribution is 2.21. The van der Waals surface area contributed by atoms with Gasteiger partial charge in [-0.1, -0.05) is 5.16 Å². The van der Waals surface area contributed by atoms with Crippen molar-refractivity contribution in [1.29, 1.82) is 0 Å². The van der Waals surface area contributed by atoms with E-state index in [2.05, 4.69) is 10.3 Å². The molecule has 1 saturated heterocycles. The van der Waals surface area contributed by atoms with Crippen molar-refractivity contribution in [2.45, 2.75) is 39.3 Å². The van der Waals surface area contributed by atoms with E-state index in [0.29, 0.717) is 11.5 Å². The van der Waals surface area contributed by atoms with Gasteiger partial charge in [0.2, 0.25) is 0 Å².